The highest BCUT2D eigenvalue weighted by Gasteiger charge is 2.20. The Bertz CT molecular complexity index is 867. The van der Waals surface area contributed by atoms with Crippen LogP contribution in [0, 0.1) is 12.8 Å². The average Bonchev–Trinajstić information content (AvgIpc) is 3.09. The van der Waals surface area contributed by atoms with Crippen LogP contribution in [0.3, 0.4) is 0 Å². The van der Waals surface area contributed by atoms with E-state index in [1.165, 1.54) is 36.8 Å². The molecule has 0 radical (unpaired) electrons. The van der Waals surface area contributed by atoms with Crippen LogP contribution in [0.5, 0.6) is 0 Å². The Hall–Kier alpha value is -2.01. The molecule has 2 heterocycles. The zero-order valence-corrected chi connectivity index (χ0v) is 15.6. The van der Waals surface area contributed by atoms with Gasteiger partial charge >= 0.3 is 0 Å². The van der Waals surface area contributed by atoms with Crippen molar-refractivity contribution in [1.82, 2.24) is 15.0 Å². The van der Waals surface area contributed by atoms with E-state index in [2.05, 4.69) is 51.5 Å². The van der Waals surface area contributed by atoms with Gasteiger partial charge in [-0.25, -0.2) is 15.0 Å². The molecule has 1 N–H and O–H groups in total. The Balaban J connectivity index is 1.59. The Labute approximate surface area is 152 Å². The van der Waals surface area contributed by atoms with Crippen LogP contribution >= 0.6 is 11.3 Å². The molecule has 5 heteroatoms. The van der Waals surface area contributed by atoms with Crippen molar-refractivity contribution >= 4 is 27.4 Å². The Morgan fingerprint density at radius 2 is 1.96 bits per heavy atom. The Morgan fingerprint density at radius 3 is 2.80 bits per heavy atom. The summed E-state index contributed by atoms with van der Waals surface area (Å²) >= 11 is 1.67. The van der Waals surface area contributed by atoms with E-state index in [1.807, 2.05) is 12.4 Å². The first-order valence-corrected chi connectivity index (χ1v) is 10.0. The van der Waals surface area contributed by atoms with Crippen molar-refractivity contribution in [2.24, 2.45) is 5.92 Å². The van der Waals surface area contributed by atoms with Crippen LogP contribution in [0.25, 0.3) is 21.5 Å². The van der Waals surface area contributed by atoms with Crippen LogP contribution in [-0.4, -0.2) is 21.0 Å². The molecule has 0 saturated heterocycles. The topological polar surface area (TPSA) is 50.7 Å². The lowest BCUT2D eigenvalue weighted by molar-refractivity contribution is 0.328. The summed E-state index contributed by atoms with van der Waals surface area (Å²) in [4.78, 5) is 13.7. The van der Waals surface area contributed by atoms with Gasteiger partial charge in [-0.2, -0.15) is 0 Å². The quantitative estimate of drug-likeness (QED) is 0.679. The number of rotatable bonds is 4. The number of aromatic nitrogens is 3. The van der Waals surface area contributed by atoms with Crippen molar-refractivity contribution in [3.63, 3.8) is 0 Å². The lowest BCUT2D eigenvalue weighted by Crippen LogP contribution is -2.28. The van der Waals surface area contributed by atoms with Gasteiger partial charge in [-0.3, -0.25) is 0 Å². The van der Waals surface area contributed by atoms with E-state index in [4.69, 9.17) is 0 Å². The minimum absolute atomic E-state index is 0.448. The number of nitrogens with zero attached hydrogens (tertiary/aromatic N) is 3. The lowest BCUT2D eigenvalue weighted by Gasteiger charge is -2.28. The first-order chi connectivity index (χ1) is 12.2. The predicted molar refractivity (Wildman–Crippen MR) is 105 cm³/mol. The van der Waals surface area contributed by atoms with E-state index >= 15 is 0 Å². The van der Waals surface area contributed by atoms with Gasteiger partial charge in [0.15, 0.2) is 0 Å². The fraction of sp³-hybridized carbons (Fsp3) is 0.450. The summed E-state index contributed by atoms with van der Waals surface area (Å²) in [6.07, 6.45) is 6.76. The van der Waals surface area contributed by atoms with Crippen LogP contribution < -0.4 is 5.32 Å². The van der Waals surface area contributed by atoms with Gasteiger partial charge in [-0.05, 0) is 44.7 Å². The SMILES string of the molecule is Cc1nc(N[C@@H](C)C2CCCCC2)cc(-c2ccc3scnc3c2)n1. The normalized spacial score (nSPS) is 16.9. The van der Waals surface area contributed by atoms with E-state index in [0.29, 0.717) is 6.04 Å². The molecule has 0 spiro atoms. The van der Waals surface area contributed by atoms with E-state index in [0.717, 1.165) is 34.3 Å². The highest BCUT2D eigenvalue weighted by molar-refractivity contribution is 7.16. The molecule has 130 valence electrons. The molecule has 3 aromatic rings. The number of hydrogen-bond acceptors (Lipinski definition) is 5. The summed E-state index contributed by atoms with van der Waals surface area (Å²) in [5.41, 5.74) is 4.97. The molecule has 2 aromatic heterocycles. The van der Waals surface area contributed by atoms with Gasteiger partial charge in [-0.15, -0.1) is 11.3 Å². The van der Waals surface area contributed by atoms with Gasteiger partial charge < -0.3 is 5.32 Å². The average molecular weight is 353 g/mol. The van der Waals surface area contributed by atoms with Gasteiger partial charge in [0.25, 0.3) is 0 Å². The predicted octanol–water partition coefficient (Wildman–Crippen LogP) is 5.44. The van der Waals surface area contributed by atoms with E-state index in [-0.39, 0.29) is 0 Å². The van der Waals surface area contributed by atoms with Gasteiger partial charge in [0.2, 0.25) is 0 Å². The van der Waals surface area contributed by atoms with Crippen molar-refractivity contribution in [2.45, 2.75) is 52.0 Å². The van der Waals surface area contributed by atoms with Crippen LogP contribution in [0.1, 0.15) is 44.9 Å². The highest BCUT2D eigenvalue weighted by atomic mass is 32.1. The monoisotopic (exact) mass is 352 g/mol. The Kier molecular flexibility index (Phi) is 4.66. The molecular weight excluding hydrogens is 328 g/mol. The second-order valence-electron chi connectivity index (χ2n) is 7.05. The summed E-state index contributed by atoms with van der Waals surface area (Å²) in [6.45, 7) is 4.25. The van der Waals surface area contributed by atoms with Gasteiger partial charge in [-0.1, -0.05) is 25.3 Å². The van der Waals surface area contributed by atoms with Gasteiger partial charge in [0.1, 0.15) is 11.6 Å². The molecular formula is C20H24N4S. The maximum absolute atomic E-state index is 4.64. The van der Waals surface area contributed by atoms with Crippen LogP contribution in [0.2, 0.25) is 0 Å². The number of thiazole rings is 1. The highest BCUT2D eigenvalue weighted by Crippen LogP contribution is 2.29. The van der Waals surface area contributed by atoms with Crippen LogP contribution in [-0.2, 0) is 0 Å². The third kappa shape index (κ3) is 3.66. The largest absolute Gasteiger partial charge is 0.367 e. The summed E-state index contributed by atoms with van der Waals surface area (Å²) in [7, 11) is 0. The molecule has 0 bridgehead atoms. The fourth-order valence-corrected chi connectivity index (χ4v) is 4.45. The van der Waals surface area contributed by atoms with Crippen molar-refractivity contribution in [3.8, 4) is 11.3 Å². The zero-order valence-electron chi connectivity index (χ0n) is 14.8. The number of fused-ring (bicyclic) bond motifs is 1. The number of nitrogens with one attached hydrogen (secondary N) is 1. The zero-order chi connectivity index (χ0) is 17.2. The minimum atomic E-state index is 0.448. The maximum atomic E-state index is 4.64. The second-order valence-corrected chi connectivity index (χ2v) is 7.94. The standard InChI is InChI=1S/C20H24N4S/c1-13(15-6-4-3-5-7-15)22-20-11-17(23-14(2)24-20)16-8-9-19-18(10-16)21-12-25-19/h8-13,15H,3-7H2,1-2H3,(H,22,23,24)/t13-/m0/s1. The number of anilines is 1. The number of hydrogen-bond donors (Lipinski definition) is 1. The number of aryl methyl sites for hydroxylation is 1. The smallest absolute Gasteiger partial charge is 0.130 e. The molecule has 0 aliphatic heterocycles. The van der Waals surface area contributed by atoms with Crippen molar-refractivity contribution in [3.05, 3.63) is 35.6 Å². The van der Waals surface area contributed by atoms with Crippen LogP contribution in [0.4, 0.5) is 5.82 Å². The summed E-state index contributed by atoms with van der Waals surface area (Å²) in [5.74, 6) is 2.48. The van der Waals surface area contributed by atoms with E-state index < -0.39 is 0 Å². The molecule has 1 saturated carbocycles. The molecule has 0 unspecified atom stereocenters. The molecule has 4 rings (SSSR count). The molecule has 1 atom stereocenters. The van der Waals surface area contributed by atoms with E-state index in [1.54, 1.807) is 11.3 Å². The van der Waals surface area contributed by atoms with Crippen molar-refractivity contribution in [2.75, 3.05) is 5.32 Å². The first kappa shape index (κ1) is 16.5. The van der Waals surface area contributed by atoms with Gasteiger partial charge in [0.05, 0.1) is 21.4 Å². The third-order valence-corrected chi connectivity index (χ3v) is 6.01. The lowest BCUT2D eigenvalue weighted by atomic mass is 9.84. The summed E-state index contributed by atoms with van der Waals surface area (Å²) in [6, 6.07) is 8.87. The molecule has 1 fully saturated rings. The molecule has 1 aliphatic carbocycles. The summed E-state index contributed by atoms with van der Waals surface area (Å²) < 4.78 is 1.21. The molecule has 1 aliphatic rings. The summed E-state index contributed by atoms with van der Waals surface area (Å²) in [5, 5.41) is 3.63. The minimum Gasteiger partial charge on any atom is -0.367 e. The third-order valence-electron chi connectivity index (χ3n) is 5.20. The molecule has 0 amide bonds. The van der Waals surface area contributed by atoms with E-state index in [9.17, 15) is 0 Å². The molecule has 25 heavy (non-hydrogen) atoms. The van der Waals surface area contributed by atoms with Crippen molar-refractivity contribution in [1.29, 1.82) is 0 Å². The Morgan fingerprint density at radius 1 is 1.12 bits per heavy atom. The molecule has 1 aromatic carbocycles. The van der Waals surface area contributed by atoms with Crippen LogP contribution in [0.15, 0.2) is 29.8 Å². The van der Waals surface area contributed by atoms with Gasteiger partial charge in [0, 0.05) is 17.7 Å². The van der Waals surface area contributed by atoms with Crippen molar-refractivity contribution < 1.29 is 0 Å². The fourth-order valence-electron chi connectivity index (χ4n) is 3.79. The first-order valence-electron chi connectivity index (χ1n) is 9.15. The molecule has 4 nitrogen and oxygen atoms in total. The second kappa shape index (κ2) is 7.08. The number of benzene rings is 1. The maximum Gasteiger partial charge on any atom is 0.130 e.